The number of hydrogen-bond acceptors (Lipinski definition) is 1. The molecule has 1 aliphatic carbocycles. The third-order valence-corrected chi connectivity index (χ3v) is 2.64. The molecular weight excluding hydrogens is 148 g/mol. The summed E-state index contributed by atoms with van der Waals surface area (Å²) < 4.78 is 5.41. The highest BCUT2D eigenvalue weighted by Gasteiger charge is 2.22. The van der Waals surface area contributed by atoms with Crippen LogP contribution in [0.1, 0.15) is 33.6 Å². The zero-order valence-corrected chi connectivity index (χ0v) is 8.48. The van der Waals surface area contributed by atoms with Crippen LogP contribution in [-0.4, -0.2) is 12.7 Å². The number of allylic oxidation sites excluding steroid dienone is 3. The van der Waals surface area contributed by atoms with Crippen molar-refractivity contribution in [1.29, 1.82) is 0 Å². The molecule has 0 saturated heterocycles. The van der Waals surface area contributed by atoms with Crippen LogP contribution in [-0.2, 0) is 4.74 Å². The fraction of sp³-hybridized carbons (Fsp3) is 0.636. The van der Waals surface area contributed by atoms with Crippen LogP contribution in [0.25, 0.3) is 0 Å². The largest absolute Gasteiger partial charge is 0.374 e. The molecule has 0 spiro atoms. The maximum atomic E-state index is 5.41. The Kier molecular flexibility index (Phi) is 2.73. The van der Waals surface area contributed by atoms with Gasteiger partial charge in [0, 0.05) is 7.11 Å². The summed E-state index contributed by atoms with van der Waals surface area (Å²) in [6.45, 7) is 6.41. The highest BCUT2D eigenvalue weighted by Crippen LogP contribution is 2.28. The maximum Gasteiger partial charge on any atom is 0.0834 e. The first kappa shape index (κ1) is 9.53. The van der Waals surface area contributed by atoms with E-state index in [1.807, 2.05) is 0 Å². The molecule has 0 radical (unpaired) electrons. The first-order valence-electron chi connectivity index (χ1n) is 4.48. The van der Waals surface area contributed by atoms with Crippen molar-refractivity contribution in [2.75, 3.05) is 7.11 Å². The van der Waals surface area contributed by atoms with Gasteiger partial charge in [-0.2, -0.15) is 0 Å². The van der Waals surface area contributed by atoms with Gasteiger partial charge in [-0.05, 0) is 39.2 Å². The van der Waals surface area contributed by atoms with E-state index >= 15 is 0 Å². The Bertz CT molecular complexity index is 221. The van der Waals surface area contributed by atoms with Gasteiger partial charge in [-0.25, -0.2) is 0 Å². The molecule has 0 atom stereocenters. The number of methoxy groups -OCH3 is 1. The highest BCUT2D eigenvalue weighted by atomic mass is 16.5. The van der Waals surface area contributed by atoms with E-state index in [1.54, 1.807) is 7.11 Å². The van der Waals surface area contributed by atoms with Crippen LogP contribution >= 0.6 is 0 Å². The van der Waals surface area contributed by atoms with Crippen molar-refractivity contribution in [2.45, 2.75) is 39.2 Å². The smallest absolute Gasteiger partial charge is 0.0834 e. The SMILES string of the molecule is COC(C)(C)C1=CC=C(C)CC1. The predicted octanol–water partition coefficient (Wildman–Crippen LogP) is 3.08. The minimum atomic E-state index is -0.0861. The molecule has 12 heavy (non-hydrogen) atoms. The lowest BCUT2D eigenvalue weighted by atomic mass is 9.88. The second-order valence-corrected chi connectivity index (χ2v) is 3.92. The summed E-state index contributed by atoms with van der Waals surface area (Å²) in [6, 6.07) is 0. The molecule has 0 heterocycles. The van der Waals surface area contributed by atoms with Gasteiger partial charge in [0.2, 0.25) is 0 Å². The van der Waals surface area contributed by atoms with Gasteiger partial charge < -0.3 is 4.74 Å². The minimum Gasteiger partial charge on any atom is -0.374 e. The molecule has 0 amide bonds. The number of rotatable bonds is 2. The summed E-state index contributed by atoms with van der Waals surface area (Å²) in [6.07, 6.45) is 6.71. The summed E-state index contributed by atoms with van der Waals surface area (Å²) in [5.74, 6) is 0. The van der Waals surface area contributed by atoms with Crippen molar-refractivity contribution in [3.05, 3.63) is 23.3 Å². The van der Waals surface area contributed by atoms with Crippen LogP contribution in [0.5, 0.6) is 0 Å². The number of ether oxygens (including phenoxy) is 1. The van der Waals surface area contributed by atoms with Gasteiger partial charge in [0.1, 0.15) is 0 Å². The van der Waals surface area contributed by atoms with Crippen molar-refractivity contribution < 1.29 is 4.74 Å². The molecule has 1 nitrogen and oxygen atoms in total. The Morgan fingerprint density at radius 1 is 1.25 bits per heavy atom. The molecule has 1 aliphatic rings. The maximum absolute atomic E-state index is 5.41. The molecule has 1 rings (SSSR count). The van der Waals surface area contributed by atoms with Gasteiger partial charge in [0.05, 0.1) is 5.60 Å². The van der Waals surface area contributed by atoms with Crippen LogP contribution in [0.4, 0.5) is 0 Å². The minimum absolute atomic E-state index is 0.0861. The van der Waals surface area contributed by atoms with Gasteiger partial charge in [0.15, 0.2) is 0 Å². The molecule has 0 aromatic carbocycles. The molecule has 68 valence electrons. The van der Waals surface area contributed by atoms with E-state index in [2.05, 4.69) is 32.9 Å². The van der Waals surface area contributed by atoms with Crippen molar-refractivity contribution in [1.82, 2.24) is 0 Å². The summed E-state index contributed by atoms with van der Waals surface area (Å²) in [5, 5.41) is 0. The molecule has 1 heteroatoms. The number of hydrogen-bond donors (Lipinski definition) is 0. The van der Waals surface area contributed by atoms with E-state index in [1.165, 1.54) is 17.6 Å². The Hall–Kier alpha value is -0.560. The lowest BCUT2D eigenvalue weighted by Crippen LogP contribution is -2.26. The van der Waals surface area contributed by atoms with Crippen molar-refractivity contribution in [3.63, 3.8) is 0 Å². The Morgan fingerprint density at radius 2 is 1.92 bits per heavy atom. The van der Waals surface area contributed by atoms with Crippen LogP contribution in [0.3, 0.4) is 0 Å². The van der Waals surface area contributed by atoms with Crippen molar-refractivity contribution in [3.8, 4) is 0 Å². The Balaban J connectivity index is 2.77. The summed E-state index contributed by atoms with van der Waals surface area (Å²) in [7, 11) is 1.77. The van der Waals surface area contributed by atoms with Crippen molar-refractivity contribution >= 4 is 0 Å². The van der Waals surface area contributed by atoms with Gasteiger partial charge in [-0.3, -0.25) is 0 Å². The molecule has 0 aromatic rings. The molecule has 0 saturated carbocycles. The van der Waals surface area contributed by atoms with Crippen LogP contribution in [0.15, 0.2) is 23.3 Å². The molecule has 0 bridgehead atoms. The molecule has 0 N–H and O–H groups in total. The average molecular weight is 166 g/mol. The molecule has 0 fully saturated rings. The van der Waals surface area contributed by atoms with Gasteiger partial charge in [-0.1, -0.05) is 17.7 Å². The van der Waals surface area contributed by atoms with Gasteiger partial charge >= 0.3 is 0 Å². The average Bonchev–Trinajstić information content (AvgIpc) is 2.05. The molecule has 0 aliphatic heterocycles. The Morgan fingerprint density at radius 3 is 2.33 bits per heavy atom. The van der Waals surface area contributed by atoms with E-state index in [0.29, 0.717) is 0 Å². The second-order valence-electron chi connectivity index (χ2n) is 3.92. The lowest BCUT2D eigenvalue weighted by molar-refractivity contribution is 0.0519. The predicted molar refractivity (Wildman–Crippen MR) is 52.2 cm³/mol. The first-order chi connectivity index (χ1) is 5.56. The second kappa shape index (κ2) is 3.44. The molecule has 0 aromatic heterocycles. The monoisotopic (exact) mass is 166 g/mol. The fourth-order valence-electron chi connectivity index (χ4n) is 1.37. The summed E-state index contributed by atoms with van der Waals surface area (Å²) in [5.41, 5.74) is 2.78. The van der Waals surface area contributed by atoms with Gasteiger partial charge in [0.25, 0.3) is 0 Å². The van der Waals surface area contributed by atoms with Gasteiger partial charge in [-0.15, -0.1) is 0 Å². The lowest BCUT2D eigenvalue weighted by Gasteiger charge is -2.28. The fourth-order valence-corrected chi connectivity index (χ4v) is 1.37. The normalized spacial score (nSPS) is 18.7. The van der Waals surface area contributed by atoms with E-state index in [-0.39, 0.29) is 5.60 Å². The topological polar surface area (TPSA) is 9.23 Å². The van der Waals surface area contributed by atoms with Crippen LogP contribution in [0, 0.1) is 0 Å². The van der Waals surface area contributed by atoms with E-state index in [0.717, 1.165) is 6.42 Å². The standard InChI is InChI=1S/C11H18O/c1-9-5-7-10(8-6-9)11(2,3)12-4/h5,7H,6,8H2,1-4H3. The zero-order chi connectivity index (χ0) is 9.19. The van der Waals surface area contributed by atoms with E-state index in [9.17, 15) is 0 Å². The summed E-state index contributed by atoms with van der Waals surface area (Å²) in [4.78, 5) is 0. The quantitative estimate of drug-likeness (QED) is 0.612. The third kappa shape index (κ3) is 1.98. The third-order valence-electron chi connectivity index (χ3n) is 2.64. The molecular formula is C11H18O. The summed E-state index contributed by atoms with van der Waals surface area (Å²) >= 11 is 0. The molecule has 0 unspecified atom stereocenters. The Labute approximate surface area is 75.1 Å². The van der Waals surface area contributed by atoms with Crippen molar-refractivity contribution in [2.24, 2.45) is 0 Å². The zero-order valence-electron chi connectivity index (χ0n) is 8.48. The van der Waals surface area contributed by atoms with E-state index in [4.69, 9.17) is 4.74 Å². The van der Waals surface area contributed by atoms with Crippen LogP contribution < -0.4 is 0 Å². The van der Waals surface area contributed by atoms with E-state index < -0.39 is 0 Å². The van der Waals surface area contributed by atoms with Crippen LogP contribution in [0.2, 0.25) is 0 Å². The first-order valence-corrected chi connectivity index (χ1v) is 4.48. The highest BCUT2D eigenvalue weighted by molar-refractivity contribution is 5.27.